The van der Waals surface area contributed by atoms with Crippen LogP contribution in [0.2, 0.25) is 5.02 Å². The van der Waals surface area contributed by atoms with Crippen molar-refractivity contribution in [3.63, 3.8) is 0 Å². The summed E-state index contributed by atoms with van der Waals surface area (Å²) >= 11 is 5.76. The number of amides is 1. The van der Waals surface area contributed by atoms with Crippen molar-refractivity contribution in [1.29, 1.82) is 0 Å². The van der Waals surface area contributed by atoms with E-state index in [1.165, 1.54) is 32.4 Å². The van der Waals surface area contributed by atoms with Crippen LogP contribution in [0.15, 0.2) is 53.4 Å². The summed E-state index contributed by atoms with van der Waals surface area (Å²) in [4.78, 5) is 28.5. The highest BCUT2D eigenvalue weighted by Crippen LogP contribution is 2.17. The number of sulfonamides is 1. The first-order valence-electron chi connectivity index (χ1n) is 7.59. The molecule has 0 fully saturated rings. The fraction of sp³-hybridized carbons (Fsp3) is 0.176. The first-order valence-corrected chi connectivity index (χ1v) is 9.41. The van der Waals surface area contributed by atoms with E-state index in [1.54, 1.807) is 24.3 Å². The summed E-state index contributed by atoms with van der Waals surface area (Å²) in [5.41, 5.74) is 0.482. The molecule has 27 heavy (non-hydrogen) atoms. The standard InChI is InChI=1S/C17H17ClN2O6S/c1-20(25-2)27(23,24)15-5-3-4-12(10-15)17(22)26-11-16(21)19-14-8-6-13(18)7-9-14/h3-10H,11H2,1-2H3,(H,19,21). The van der Waals surface area contributed by atoms with Crippen molar-refractivity contribution in [1.82, 2.24) is 4.47 Å². The van der Waals surface area contributed by atoms with Gasteiger partial charge in [0.05, 0.1) is 17.6 Å². The first kappa shape index (κ1) is 20.8. The number of nitrogens with zero attached hydrogens (tertiary/aromatic N) is 1. The van der Waals surface area contributed by atoms with Crippen molar-refractivity contribution in [3.8, 4) is 0 Å². The molecule has 0 spiro atoms. The van der Waals surface area contributed by atoms with Crippen LogP contribution in [-0.2, 0) is 24.4 Å². The Morgan fingerprint density at radius 2 is 1.81 bits per heavy atom. The highest BCUT2D eigenvalue weighted by Gasteiger charge is 2.22. The number of nitrogens with one attached hydrogen (secondary N) is 1. The van der Waals surface area contributed by atoms with Gasteiger partial charge in [-0.05, 0) is 42.5 Å². The molecule has 2 aromatic carbocycles. The molecule has 144 valence electrons. The maximum absolute atomic E-state index is 12.2. The second-order valence-corrected chi connectivity index (χ2v) is 7.63. The lowest BCUT2D eigenvalue weighted by molar-refractivity contribution is -0.119. The lowest BCUT2D eigenvalue weighted by Crippen LogP contribution is -2.26. The molecular formula is C17H17ClN2O6S. The molecule has 0 radical (unpaired) electrons. The van der Waals surface area contributed by atoms with Crippen LogP contribution in [0.25, 0.3) is 0 Å². The Morgan fingerprint density at radius 3 is 2.44 bits per heavy atom. The third-order valence-electron chi connectivity index (χ3n) is 3.43. The number of halogens is 1. The van der Waals surface area contributed by atoms with Gasteiger partial charge >= 0.3 is 5.97 Å². The van der Waals surface area contributed by atoms with Gasteiger partial charge in [-0.1, -0.05) is 22.1 Å². The SMILES string of the molecule is CON(C)S(=O)(=O)c1cccc(C(=O)OCC(=O)Nc2ccc(Cl)cc2)c1. The predicted octanol–water partition coefficient (Wildman–Crippen LogP) is 2.32. The highest BCUT2D eigenvalue weighted by atomic mass is 35.5. The minimum Gasteiger partial charge on any atom is -0.452 e. The first-order chi connectivity index (χ1) is 12.7. The number of anilines is 1. The molecule has 1 N–H and O–H groups in total. The second-order valence-electron chi connectivity index (χ2n) is 5.26. The number of carbonyl (C=O) groups excluding carboxylic acids is 2. The largest absolute Gasteiger partial charge is 0.452 e. The Balaban J connectivity index is 2.01. The molecule has 0 aromatic heterocycles. The predicted molar refractivity (Wildman–Crippen MR) is 98.8 cm³/mol. The van der Waals surface area contributed by atoms with Crippen molar-refractivity contribution >= 4 is 39.2 Å². The van der Waals surface area contributed by atoms with Crippen molar-refractivity contribution in [2.45, 2.75) is 4.90 Å². The normalized spacial score (nSPS) is 11.3. The zero-order valence-corrected chi connectivity index (χ0v) is 16.1. The van der Waals surface area contributed by atoms with Crippen LogP contribution in [0.1, 0.15) is 10.4 Å². The molecule has 0 aliphatic heterocycles. The molecule has 2 aromatic rings. The van der Waals surface area contributed by atoms with Gasteiger partial charge in [0.15, 0.2) is 6.61 Å². The van der Waals surface area contributed by atoms with Crippen LogP contribution in [0.3, 0.4) is 0 Å². The summed E-state index contributed by atoms with van der Waals surface area (Å²) in [7, 11) is -1.48. The fourth-order valence-corrected chi connectivity index (χ4v) is 3.12. The molecule has 8 nitrogen and oxygen atoms in total. The van der Waals surface area contributed by atoms with Gasteiger partial charge in [-0.15, -0.1) is 0 Å². The lowest BCUT2D eigenvalue weighted by Gasteiger charge is -2.14. The van der Waals surface area contributed by atoms with E-state index in [2.05, 4.69) is 10.2 Å². The summed E-state index contributed by atoms with van der Waals surface area (Å²) in [5.74, 6) is -1.38. The summed E-state index contributed by atoms with van der Waals surface area (Å²) in [6, 6.07) is 11.6. The van der Waals surface area contributed by atoms with Gasteiger partial charge < -0.3 is 10.1 Å². The molecule has 0 bridgehead atoms. The Bertz CT molecular complexity index is 931. The smallest absolute Gasteiger partial charge is 0.338 e. The van der Waals surface area contributed by atoms with E-state index in [9.17, 15) is 18.0 Å². The van der Waals surface area contributed by atoms with Crippen molar-refractivity contribution in [2.75, 3.05) is 26.1 Å². The zero-order chi connectivity index (χ0) is 20.0. The maximum atomic E-state index is 12.2. The minimum absolute atomic E-state index is 0.0140. The topological polar surface area (TPSA) is 102 Å². The van der Waals surface area contributed by atoms with Gasteiger partial charge in [-0.25, -0.2) is 13.2 Å². The molecule has 0 saturated heterocycles. The summed E-state index contributed by atoms with van der Waals surface area (Å²) in [6.07, 6.45) is 0. The molecule has 1 amide bonds. The summed E-state index contributed by atoms with van der Waals surface area (Å²) < 4.78 is 30.0. The van der Waals surface area contributed by atoms with E-state index in [1.807, 2.05) is 0 Å². The third-order valence-corrected chi connectivity index (χ3v) is 5.35. The van der Waals surface area contributed by atoms with Crippen LogP contribution in [0, 0.1) is 0 Å². The van der Waals surface area contributed by atoms with Gasteiger partial charge in [0.25, 0.3) is 15.9 Å². The van der Waals surface area contributed by atoms with Crippen molar-refractivity contribution in [3.05, 3.63) is 59.1 Å². The molecule has 0 aliphatic carbocycles. The van der Waals surface area contributed by atoms with E-state index in [-0.39, 0.29) is 10.5 Å². The van der Waals surface area contributed by atoms with E-state index >= 15 is 0 Å². The third kappa shape index (κ3) is 5.51. The number of hydrogen-bond acceptors (Lipinski definition) is 6. The number of rotatable bonds is 7. The molecule has 10 heteroatoms. The van der Waals surface area contributed by atoms with Gasteiger partial charge in [0, 0.05) is 17.8 Å². The van der Waals surface area contributed by atoms with Gasteiger partial charge in [0.2, 0.25) is 0 Å². The summed E-state index contributed by atoms with van der Waals surface area (Å²) in [6.45, 7) is -0.531. The lowest BCUT2D eigenvalue weighted by atomic mass is 10.2. The van der Waals surface area contributed by atoms with Gasteiger partial charge in [0.1, 0.15) is 0 Å². The van der Waals surface area contributed by atoms with Gasteiger partial charge in [-0.2, -0.15) is 0 Å². The number of hydrogen-bond donors (Lipinski definition) is 1. The number of hydroxylamine groups is 1. The van der Waals surface area contributed by atoms with Crippen molar-refractivity contribution in [2.24, 2.45) is 0 Å². The maximum Gasteiger partial charge on any atom is 0.338 e. The van der Waals surface area contributed by atoms with E-state index in [4.69, 9.17) is 16.3 Å². The van der Waals surface area contributed by atoms with E-state index in [0.717, 1.165) is 6.07 Å². The quantitative estimate of drug-likeness (QED) is 0.553. The molecule has 0 unspecified atom stereocenters. The van der Waals surface area contributed by atoms with Crippen molar-refractivity contribution < 1.29 is 27.6 Å². The van der Waals surface area contributed by atoms with E-state index in [0.29, 0.717) is 15.2 Å². The van der Waals surface area contributed by atoms with E-state index < -0.39 is 28.5 Å². The molecule has 0 aliphatic rings. The van der Waals surface area contributed by atoms with Crippen LogP contribution < -0.4 is 5.32 Å². The molecule has 0 atom stereocenters. The summed E-state index contributed by atoms with van der Waals surface area (Å²) in [5, 5.41) is 3.06. The number of esters is 1. The molecular weight excluding hydrogens is 396 g/mol. The Morgan fingerprint density at radius 1 is 1.15 bits per heavy atom. The average Bonchev–Trinajstić information content (AvgIpc) is 2.67. The van der Waals surface area contributed by atoms with Crippen LogP contribution in [-0.4, -0.2) is 45.5 Å². The van der Waals surface area contributed by atoms with Gasteiger partial charge in [-0.3, -0.25) is 9.63 Å². The fourth-order valence-electron chi connectivity index (χ4n) is 1.97. The highest BCUT2D eigenvalue weighted by molar-refractivity contribution is 7.89. The Kier molecular flexibility index (Phi) is 6.92. The molecule has 0 heterocycles. The monoisotopic (exact) mass is 412 g/mol. The minimum atomic E-state index is -3.91. The average molecular weight is 413 g/mol. The number of ether oxygens (including phenoxy) is 1. The number of carbonyl (C=O) groups is 2. The molecule has 0 saturated carbocycles. The Labute approximate surface area is 161 Å². The van der Waals surface area contributed by atoms with Crippen LogP contribution >= 0.6 is 11.6 Å². The molecule has 2 rings (SSSR count). The zero-order valence-electron chi connectivity index (χ0n) is 14.5. The van der Waals surface area contributed by atoms with Crippen LogP contribution in [0.4, 0.5) is 5.69 Å². The Hall–Kier alpha value is -2.46. The second kappa shape index (κ2) is 8.96. The van der Waals surface area contributed by atoms with Crippen LogP contribution in [0.5, 0.6) is 0 Å². The number of benzene rings is 2.